The molecule has 0 unspecified atom stereocenters. The van der Waals surface area contributed by atoms with Gasteiger partial charge in [-0.25, -0.2) is 4.79 Å². The summed E-state index contributed by atoms with van der Waals surface area (Å²) in [6.07, 6.45) is 0.870. The summed E-state index contributed by atoms with van der Waals surface area (Å²) in [7, 11) is 0. The first-order valence-electron chi connectivity index (χ1n) is 7.07. The molecule has 4 nitrogen and oxygen atoms in total. The Morgan fingerprint density at radius 2 is 2.19 bits per heavy atom. The van der Waals surface area contributed by atoms with Crippen molar-refractivity contribution in [2.24, 2.45) is 0 Å². The fourth-order valence-electron chi connectivity index (χ4n) is 2.05. The lowest BCUT2D eigenvalue weighted by atomic mass is 10.1. The highest BCUT2D eigenvalue weighted by Crippen LogP contribution is 2.24. The van der Waals surface area contributed by atoms with Gasteiger partial charge in [0.05, 0.1) is 10.8 Å². The minimum atomic E-state index is -0.496. The number of esters is 1. The minimum Gasteiger partial charge on any atom is -0.456 e. The molecule has 2 rings (SSSR count). The van der Waals surface area contributed by atoms with E-state index in [2.05, 4.69) is 5.32 Å². The first-order valence-corrected chi connectivity index (χ1v) is 8.12. The molecule has 0 aliphatic carbocycles. The van der Waals surface area contributed by atoms with Crippen molar-refractivity contribution in [2.75, 3.05) is 6.54 Å². The molecular formula is C16H21NO3S. The maximum atomic E-state index is 12.0. The molecule has 1 N–H and O–H groups in total. The fourth-order valence-corrected chi connectivity index (χ4v) is 3.14. The van der Waals surface area contributed by atoms with Crippen molar-refractivity contribution in [3.8, 4) is 0 Å². The summed E-state index contributed by atoms with van der Waals surface area (Å²) in [6.45, 7) is 6.31. The zero-order chi connectivity index (χ0) is 15.5. The largest absolute Gasteiger partial charge is 0.456 e. The standard InChI is InChI=1S/C16H21NO3S/c1-16(2,3)20-15(19)12-6-4-5-11(9-12)10-21-13-7-8-17-14(13)18/h4-6,9,13H,7-8,10H2,1-3H3,(H,17,18)/t13-/m0/s1. The quantitative estimate of drug-likeness (QED) is 0.869. The second-order valence-corrected chi connectivity index (χ2v) is 7.27. The summed E-state index contributed by atoms with van der Waals surface area (Å²) in [5.74, 6) is 0.519. The van der Waals surface area contributed by atoms with Crippen LogP contribution in [0.5, 0.6) is 0 Å². The summed E-state index contributed by atoms with van der Waals surface area (Å²) in [5, 5.41) is 2.85. The molecule has 1 amide bonds. The van der Waals surface area contributed by atoms with Crippen molar-refractivity contribution in [1.82, 2.24) is 5.32 Å². The van der Waals surface area contributed by atoms with Crippen LogP contribution < -0.4 is 5.32 Å². The Bertz CT molecular complexity index is 537. The molecule has 0 spiro atoms. The number of carbonyl (C=O) groups is 2. The topological polar surface area (TPSA) is 55.4 Å². The number of ether oxygens (including phenoxy) is 1. The highest BCUT2D eigenvalue weighted by molar-refractivity contribution is 7.99. The van der Waals surface area contributed by atoms with Gasteiger partial charge in [-0.05, 0) is 44.9 Å². The predicted molar refractivity (Wildman–Crippen MR) is 84.3 cm³/mol. The second kappa shape index (κ2) is 6.52. The Hall–Kier alpha value is -1.49. The molecule has 21 heavy (non-hydrogen) atoms. The van der Waals surface area contributed by atoms with Crippen LogP contribution in [-0.2, 0) is 15.3 Å². The van der Waals surface area contributed by atoms with E-state index in [1.165, 1.54) is 0 Å². The molecule has 1 fully saturated rings. The molecule has 1 aliphatic rings. The van der Waals surface area contributed by atoms with E-state index in [1.807, 2.05) is 39.0 Å². The Morgan fingerprint density at radius 3 is 2.81 bits per heavy atom. The molecule has 1 atom stereocenters. The van der Waals surface area contributed by atoms with Gasteiger partial charge in [-0.15, -0.1) is 11.8 Å². The van der Waals surface area contributed by atoms with Gasteiger partial charge in [0.2, 0.25) is 5.91 Å². The van der Waals surface area contributed by atoms with Crippen LogP contribution in [0.1, 0.15) is 43.1 Å². The molecule has 0 aromatic heterocycles. The number of carbonyl (C=O) groups excluding carboxylic acids is 2. The van der Waals surface area contributed by atoms with E-state index < -0.39 is 5.60 Å². The molecular weight excluding hydrogens is 286 g/mol. The van der Waals surface area contributed by atoms with Gasteiger partial charge in [0, 0.05) is 12.3 Å². The van der Waals surface area contributed by atoms with Crippen LogP contribution in [0.15, 0.2) is 24.3 Å². The summed E-state index contributed by atoms with van der Waals surface area (Å²) in [5.41, 5.74) is 1.09. The zero-order valence-corrected chi connectivity index (χ0v) is 13.5. The van der Waals surface area contributed by atoms with Crippen LogP contribution >= 0.6 is 11.8 Å². The van der Waals surface area contributed by atoms with E-state index in [-0.39, 0.29) is 17.1 Å². The van der Waals surface area contributed by atoms with E-state index in [0.29, 0.717) is 11.3 Å². The Kier molecular flexibility index (Phi) is 4.93. The molecule has 114 valence electrons. The summed E-state index contributed by atoms with van der Waals surface area (Å²) in [4.78, 5) is 23.6. The van der Waals surface area contributed by atoms with Crippen molar-refractivity contribution in [3.05, 3.63) is 35.4 Å². The van der Waals surface area contributed by atoms with Gasteiger partial charge in [0.25, 0.3) is 0 Å². The maximum Gasteiger partial charge on any atom is 0.338 e. The van der Waals surface area contributed by atoms with E-state index in [0.717, 1.165) is 18.5 Å². The van der Waals surface area contributed by atoms with Crippen molar-refractivity contribution >= 4 is 23.6 Å². The molecule has 1 aliphatic heterocycles. The van der Waals surface area contributed by atoms with E-state index in [9.17, 15) is 9.59 Å². The van der Waals surface area contributed by atoms with Crippen molar-refractivity contribution in [1.29, 1.82) is 0 Å². The number of rotatable bonds is 4. The second-order valence-electron chi connectivity index (χ2n) is 6.08. The van der Waals surface area contributed by atoms with Crippen molar-refractivity contribution in [2.45, 2.75) is 43.8 Å². The minimum absolute atomic E-state index is 0.0233. The van der Waals surface area contributed by atoms with Gasteiger partial charge >= 0.3 is 5.97 Å². The fraction of sp³-hybridized carbons (Fsp3) is 0.500. The summed E-state index contributed by atoms with van der Waals surface area (Å²) >= 11 is 1.61. The molecule has 1 aromatic rings. The first kappa shape index (κ1) is 15.9. The van der Waals surface area contributed by atoms with Crippen LogP contribution in [-0.4, -0.2) is 29.3 Å². The number of hydrogen-bond acceptors (Lipinski definition) is 4. The van der Waals surface area contributed by atoms with Gasteiger partial charge in [-0.1, -0.05) is 12.1 Å². The summed E-state index contributed by atoms with van der Waals surface area (Å²) < 4.78 is 5.36. The average molecular weight is 307 g/mol. The van der Waals surface area contributed by atoms with Crippen LogP contribution in [0, 0.1) is 0 Å². The molecule has 0 radical (unpaired) electrons. The molecule has 1 aromatic carbocycles. The highest BCUT2D eigenvalue weighted by atomic mass is 32.2. The number of thioether (sulfide) groups is 1. The number of benzene rings is 1. The third-order valence-corrected chi connectivity index (χ3v) is 4.36. The molecule has 0 saturated carbocycles. The molecule has 1 saturated heterocycles. The van der Waals surface area contributed by atoms with Crippen LogP contribution in [0.2, 0.25) is 0 Å². The third-order valence-electron chi connectivity index (χ3n) is 3.01. The van der Waals surface area contributed by atoms with Crippen molar-refractivity contribution < 1.29 is 14.3 Å². The smallest absolute Gasteiger partial charge is 0.338 e. The first-order chi connectivity index (χ1) is 9.85. The lowest BCUT2D eigenvalue weighted by Gasteiger charge is -2.19. The van der Waals surface area contributed by atoms with Gasteiger partial charge in [0.15, 0.2) is 0 Å². The Labute approximate surface area is 129 Å². The number of amides is 1. The Morgan fingerprint density at radius 1 is 1.43 bits per heavy atom. The lowest BCUT2D eigenvalue weighted by molar-refractivity contribution is -0.118. The zero-order valence-electron chi connectivity index (χ0n) is 12.6. The summed E-state index contributed by atoms with van der Waals surface area (Å²) in [6, 6.07) is 7.41. The maximum absolute atomic E-state index is 12.0. The normalized spacial score (nSPS) is 18.4. The molecule has 5 heteroatoms. The van der Waals surface area contributed by atoms with E-state index >= 15 is 0 Å². The number of nitrogens with one attached hydrogen (secondary N) is 1. The van der Waals surface area contributed by atoms with E-state index in [1.54, 1.807) is 17.8 Å². The van der Waals surface area contributed by atoms with Crippen LogP contribution in [0.4, 0.5) is 0 Å². The highest BCUT2D eigenvalue weighted by Gasteiger charge is 2.24. The average Bonchev–Trinajstić information content (AvgIpc) is 2.80. The molecule has 1 heterocycles. The van der Waals surface area contributed by atoms with Gasteiger partial charge < -0.3 is 10.1 Å². The van der Waals surface area contributed by atoms with Crippen LogP contribution in [0.3, 0.4) is 0 Å². The van der Waals surface area contributed by atoms with Crippen molar-refractivity contribution in [3.63, 3.8) is 0 Å². The SMILES string of the molecule is CC(C)(C)OC(=O)c1cccc(CS[C@H]2CCNC2=O)c1. The lowest BCUT2D eigenvalue weighted by Crippen LogP contribution is -2.24. The van der Waals surface area contributed by atoms with Gasteiger partial charge in [0.1, 0.15) is 5.60 Å². The van der Waals surface area contributed by atoms with Crippen LogP contribution in [0.25, 0.3) is 0 Å². The van der Waals surface area contributed by atoms with Gasteiger partial charge in [-0.2, -0.15) is 0 Å². The predicted octanol–water partition coefficient (Wildman–Crippen LogP) is 2.76. The number of hydrogen-bond donors (Lipinski definition) is 1. The Balaban J connectivity index is 1.97. The molecule has 0 bridgehead atoms. The monoisotopic (exact) mass is 307 g/mol. The van der Waals surface area contributed by atoms with E-state index in [4.69, 9.17) is 4.74 Å². The third kappa shape index (κ3) is 4.77. The van der Waals surface area contributed by atoms with Gasteiger partial charge in [-0.3, -0.25) is 4.79 Å².